The molecule has 0 amide bonds. The van der Waals surface area contributed by atoms with Crippen LogP contribution in [0.2, 0.25) is 0 Å². The standard InChI is InChI=1S/C20H21N9/c21-20(22)24-10-9-16-11-23-13-29(16)12-14-5-7-15(8-6-14)17-3-1-2-4-18(17)19-25-27-28-26-19/h1-8,11,13H,9-10,12H2,(H4,21,22,24)(H,25,26,27,28). The minimum Gasteiger partial charge on any atom is -0.370 e. The van der Waals surface area contributed by atoms with E-state index in [-0.39, 0.29) is 5.96 Å². The van der Waals surface area contributed by atoms with E-state index in [2.05, 4.69) is 65.8 Å². The summed E-state index contributed by atoms with van der Waals surface area (Å²) in [7, 11) is 0. The van der Waals surface area contributed by atoms with E-state index in [1.165, 1.54) is 5.56 Å². The molecule has 29 heavy (non-hydrogen) atoms. The van der Waals surface area contributed by atoms with Gasteiger partial charge in [-0.15, -0.1) is 5.10 Å². The molecule has 4 aromatic rings. The van der Waals surface area contributed by atoms with Crippen LogP contribution in [0.5, 0.6) is 0 Å². The van der Waals surface area contributed by atoms with Crippen LogP contribution in [0, 0.1) is 5.41 Å². The molecule has 5 N–H and O–H groups in total. The van der Waals surface area contributed by atoms with Crippen LogP contribution in [0.3, 0.4) is 0 Å². The van der Waals surface area contributed by atoms with E-state index in [0.717, 1.165) is 35.3 Å². The summed E-state index contributed by atoms with van der Waals surface area (Å²) in [4.78, 5) is 4.25. The van der Waals surface area contributed by atoms with Crippen molar-refractivity contribution in [2.75, 3.05) is 6.54 Å². The third-order valence-corrected chi connectivity index (χ3v) is 4.64. The number of tetrazole rings is 1. The van der Waals surface area contributed by atoms with E-state index in [1.54, 1.807) is 0 Å². The van der Waals surface area contributed by atoms with Crippen molar-refractivity contribution in [3.05, 3.63) is 72.3 Å². The van der Waals surface area contributed by atoms with Gasteiger partial charge < -0.3 is 15.6 Å². The number of hydrogen-bond acceptors (Lipinski definition) is 5. The van der Waals surface area contributed by atoms with E-state index in [4.69, 9.17) is 11.1 Å². The summed E-state index contributed by atoms with van der Waals surface area (Å²) in [5, 5.41) is 24.3. The minimum atomic E-state index is -0.0203. The molecule has 9 heteroatoms. The van der Waals surface area contributed by atoms with Crippen molar-refractivity contribution in [1.29, 1.82) is 5.41 Å². The third kappa shape index (κ3) is 4.29. The molecule has 2 aromatic carbocycles. The van der Waals surface area contributed by atoms with E-state index in [1.807, 2.05) is 30.7 Å². The zero-order valence-electron chi connectivity index (χ0n) is 15.7. The zero-order valence-corrected chi connectivity index (χ0v) is 15.7. The average Bonchev–Trinajstić information content (AvgIpc) is 3.41. The molecular weight excluding hydrogens is 366 g/mol. The van der Waals surface area contributed by atoms with Crippen molar-refractivity contribution >= 4 is 5.96 Å². The lowest BCUT2D eigenvalue weighted by Crippen LogP contribution is -2.32. The Bertz CT molecular complexity index is 1080. The molecule has 0 radical (unpaired) electrons. The average molecular weight is 387 g/mol. The molecular formula is C20H21N9. The lowest BCUT2D eigenvalue weighted by atomic mass is 9.98. The number of hydrogen-bond donors (Lipinski definition) is 4. The molecule has 146 valence electrons. The zero-order chi connectivity index (χ0) is 20.1. The lowest BCUT2D eigenvalue weighted by Gasteiger charge is -2.11. The summed E-state index contributed by atoms with van der Waals surface area (Å²) in [6.45, 7) is 1.33. The molecule has 0 spiro atoms. The molecule has 0 fully saturated rings. The Morgan fingerprint density at radius 3 is 2.62 bits per heavy atom. The second-order valence-corrected chi connectivity index (χ2v) is 6.60. The summed E-state index contributed by atoms with van der Waals surface area (Å²) in [5.74, 6) is 0.625. The molecule has 0 aliphatic heterocycles. The van der Waals surface area contributed by atoms with E-state index >= 15 is 0 Å². The molecule has 0 aliphatic rings. The van der Waals surface area contributed by atoms with Gasteiger partial charge in [-0.1, -0.05) is 48.5 Å². The number of aromatic nitrogens is 6. The first-order valence-corrected chi connectivity index (χ1v) is 9.20. The number of rotatable bonds is 7. The number of benzene rings is 2. The van der Waals surface area contributed by atoms with Gasteiger partial charge in [-0.2, -0.15) is 0 Å². The molecule has 0 saturated heterocycles. The number of nitrogens with zero attached hydrogens (tertiary/aromatic N) is 5. The maximum Gasteiger partial charge on any atom is 0.185 e. The summed E-state index contributed by atoms with van der Waals surface area (Å²) in [5.41, 5.74) is 10.7. The van der Waals surface area contributed by atoms with Gasteiger partial charge in [0.05, 0.1) is 6.33 Å². The predicted octanol–water partition coefficient (Wildman–Crippen LogP) is 1.80. The molecule has 0 bridgehead atoms. The summed E-state index contributed by atoms with van der Waals surface area (Å²) in [6.07, 6.45) is 4.41. The lowest BCUT2D eigenvalue weighted by molar-refractivity contribution is 0.717. The van der Waals surface area contributed by atoms with Crippen LogP contribution in [0.4, 0.5) is 0 Å². The largest absolute Gasteiger partial charge is 0.370 e. The Kier molecular flexibility index (Phi) is 5.28. The highest BCUT2D eigenvalue weighted by molar-refractivity contribution is 5.80. The van der Waals surface area contributed by atoms with Crippen LogP contribution >= 0.6 is 0 Å². The van der Waals surface area contributed by atoms with Gasteiger partial charge in [-0.05, 0) is 27.1 Å². The van der Waals surface area contributed by atoms with Crippen molar-refractivity contribution in [3.63, 3.8) is 0 Å². The SMILES string of the molecule is N=C(N)NCCc1cncn1Cc1ccc(-c2ccccc2-c2nnn[nH]2)cc1. The summed E-state index contributed by atoms with van der Waals surface area (Å²) < 4.78 is 2.10. The molecule has 4 rings (SSSR count). The Labute approximate surface area is 167 Å². The highest BCUT2D eigenvalue weighted by Gasteiger charge is 2.10. The van der Waals surface area contributed by atoms with Crippen LogP contribution in [0.25, 0.3) is 22.5 Å². The van der Waals surface area contributed by atoms with Gasteiger partial charge in [0.1, 0.15) is 0 Å². The van der Waals surface area contributed by atoms with Crippen LogP contribution in [-0.4, -0.2) is 42.7 Å². The molecule has 0 atom stereocenters. The van der Waals surface area contributed by atoms with E-state index in [0.29, 0.717) is 12.4 Å². The first-order chi connectivity index (χ1) is 14.2. The number of aromatic amines is 1. The summed E-state index contributed by atoms with van der Waals surface area (Å²) in [6, 6.07) is 16.5. The van der Waals surface area contributed by atoms with Crippen molar-refractivity contribution in [2.45, 2.75) is 13.0 Å². The van der Waals surface area contributed by atoms with Crippen LogP contribution < -0.4 is 11.1 Å². The first-order valence-electron chi connectivity index (χ1n) is 9.20. The van der Waals surface area contributed by atoms with Crippen molar-refractivity contribution < 1.29 is 0 Å². The molecule has 2 heterocycles. The third-order valence-electron chi connectivity index (χ3n) is 4.64. The Morgan fingerprint density at radius 1 is 1.10 bits per heavy atom. The molecule has 0 unspecified atom stereocenters. The van der Waals surface area contributed by atoms with Gasteiger partial charge in [-0.25, -0.2) is 10.1 Å². The number of guanidine groups is 1. The quantitative estimate of drug-likeness (QED) is 0.282. The minimum absolute atomic E-state index is 0.0203. The topological polar surface area (TPSA) is 134 Å². The fraction of sp³-hybridized carbons (Fsp3) is 0.150. The smallest absolute Gasteiger partial charge is 0.185 e. The highest BCUT2D eigenvalue weighted by atomic mass is 15.5. The second-order valence-electron chi connectivity index (χ2n) is 6.60. The van der Waals surface area contributed by atoms with Crippen molar-refractivity contribution in [1.82, 2.24) is 35.5 Å². The van der Waals surface area contributed by atoms with Gasteiger partial charge in [0.25, 0.3) is 0 Å². The normalized spacial score (nSPS) is 10.8. The van der Waals surface area contributed by atoms with Gasteiger partial charge in [0, 0.05) is 37.0 Å². The predicted molar refractivity (Wildman–Crippen MR) is 110 cm³/mol. The summed E-state index contributed by atoms with van der Waals surface area (Å²) >= 11 is 0. The first kappa shape index (κ1) is 18.4. The Balaban J connectivity index is 1.50. The fourth-order valence-electron chi connectivity index (χ4n) is 3.22. The fourth-order valence-corrected chi connectivity index (χ4v) is 3.22. The number of nitrogens with one attached hydrogen (secondary N) is 3. The van der Waals surface area contributed by atoms with E-state index in [9.17, 15) is 0 Å². The number of imidazole rings is 1. The highest BCUT2D eigenvalue weighted by Crippen LogP contribution is 2.29. The van der Waals surface area contributed by atoms with Crippen molar-refractivity contribution in [3.8, 4) is 22.5 Å². The number of nitrogens with two attached hydrogens (primary N) is 1. The van der Waals surface area contributed by atoms with E-state index < -0.39 is 0 Å². The maximum absolute atomic E-state index is 7.24. The van der Waals surface area contributed by atoms with Gasteiger partial charge in [0.15, 0.2) is 11.8 Å². The van der Waals surface area contributed by atoms with Gasteiger partial charge in [0.2, 0.25) is 0 Å². The van der Waals surface area contributed by atoms with Crippen LogP contribution in [0.15, 0.2) is 61.1 Å². The second kappa shape index (κ2) is 8.34. The molecule has 2 aromatic heterocycles. The van der Waals surface area contributed by atoms with Gasteiger partial charge >= 0.3 is 0 Å². The molecule has 9 nitrogen and oxygen atoms in total. The Hall–Kier alpha value is -4.01. The maximum atomic E-state index is 7.24. The molecule has 0 aliphatic carbocycles. The Morgan fingerprint density at radius 2 is 1.90 bits per heavy atom. The molecule has 0 saturated carbocycles. The van der Waals surface area contributed by atoms with Crippen molar-refractivity contribution in [2.24, 2.45) is 5.73 Å². The van der Waals surface area contributed by atoms with Gasteiger partial charge in [-0.3, -0.25) is 5.41 Å². The van der Waals surface area contributed by atoms with Crippen LogP contribution in [0.1, 0.15) is 11.3 Å². The van der Waals surface area contributed by atoms with Crippen LogP contribution in [-0.2, 0) is 13.0 Å². The monoisotopic (exact) mass is 387 g/mol. The number of H-pyrrole nitrogens is 1.